The molecule has 1 amide bonds. The third-order valence-corrected chi connectivity index (χ3v) is 5.47. The molecule has 0 bridgehead atoms. The third kappa shape index (κ3) is 3.06. The summed E-state index contributed by atoms with van der Waals surface area (Å²) in [6, 6.07) is 7.44. The van der Waals surface area contributed by atoms with Crippen molar-refractivity contribution >= 4 is 33.1 Å². The Hall–Kier alpha value is -3.20. The first kappa shape index (κ1) is 17.2. The van der Waals surface area contributed by atoms with Gasteiger partial charge < -0.3 is 5.32 Å². The molecule has 3 aromatic heterocycles. The van der Waals surface area contributed by atoms with E-state index in [9.17, 15) is 4.79 Å². The summed E-state index contributed by atoms with van der Waals surface area (Å²) in [7, 11) is 1.77. The Morgan fingerprint density at radius 3 is 2.74 bits per heavy atom. The van der Waals surface area contributed by atoms with Crippen LogP contribution in [0.4, 0.5) is 5.69 Å². The smallest absolute Gasteiger partial charge is 0.266 e. The largest absolute Gasteiger partial charge is 0.321 e. The summed E-state index contributed by atoms with van der Waals surface area (Å²) in [6.07, 6.45) is 0. The summed E-state index contributed by atoms with van der Waals surface area (Å²) < 4.78 is 1.58. The molecule has 0 spiro atoms. The molecule has 8 nitrogen and oxygen atoms in total. The number of carbonyl (C=O) groups excluding carboxylic acids is 1. The van der Waals surface area contributed by atoms with Gasteiger partial charge in [-0.1, -0.05) is 12.1 Å². The molecule has 0 fully saturated rings. The highest BCUT2D eigenvalue weighted by Gasteiger charge is 2.19. The number of tetrazole rings is 1. The van der Waals surface area contributed by atoms with Gasteiger partial charge in [-0.25, -0.2) is 14.6 Å². The summed E-state index contributed by atoms with van der Waals surface area (Å²) >= 11 is 1.38. The lowest BCUT2D eigenvalue weighted by Gasteiger charge is -2.06. The Kier molecular flexibility index (Phi) is 4.15. The molecule has 0 aliphatic heterocycles. The van der Waals surface area contributed by atoms with Crippen LogP contribution >= 0.6 is 11.3 Å². The maximum Gasteiger partial charge on any atom is 0.266 e. The van der Waals surface area contributed by atoms with E-state index in [1.165, 1.54) is 11.3 Å². The molecular weight excluding hydrogens is 362 g/mol. The van der Waals surface area contributed by atoms with Crippen LogP contribution in [-0.4, -0.2) is 36.1 Å². The Balaban J connectivity index is 1.67. The van der Waals surface area contributed by atoms with Gasteiger partial charge in [0.1, 0.15) is 10.7 Å². The number of benzene rings is 1. The molecule has 1 aromatic carbocycles. The molecule has 9 heteroatoms. The van der Waals surface area contributed by atoms with Crippen molar-refractivity contribution < 1.29 is 4.79 Å². The number of rotatable bonds is 3. The zero-order valence-electron chi connectivity index (χ0n) is 15.3. The molecule has 4 aromatic rings. The Morgan fingerprint density at radius 2 is 2.00 bits per heavy atom. The van der Waals surface area contributed by atoms with Crippen molar-refractivity contribution in [1.82, 2.24) is 30.2 Å². The molecule has 3 heterocycles. The summed E-state index contributed by atoms with van der Waals surface area (Å²) in [5.74, 6) is 1.17. The van der Waals surface area contributed by atoms with E-state index in [2.05, 4.69) is 30.8 Å². The molecule has 1 N–H and O–H groups in total. The van der Waals surface area contributed by atoms with Crippen molar-refractivity contribution in [2.75, 3.05) is 5.32 Å². The SMILES string of the molecule is Cc1nc(C)c2c(C)c(C(=O)Nc3cccc(-c4nnnn4C)c3)sc2n1. The van der Waals surface area contributed by atoms with Gasteiger partial charge in [-0.15, -0.1) is 16.4 Å². The molecule has 0 aliphatic rings. The van der Waals surface area contributed by atoms with E-state index in [-0.39, 0.29) is 5.91 Å². The minimum Gasteiger partial charge on any atom is -0.321 e. The van der Waals surface area contributed by atoms with E-state index >= 15 is 0 Å². The summed E-state index contributed by atoms with van der Waals surface area (Å²) in [4.78, 5) is 23.2. The molecule has 0 atom stereocenters. The fourth-order valence-corrected chi connectivity index (χ4v) is 4.26. The van der Waals surface area contributed by atoms with Gasteiger partial charge >= 0.3 is 0 Å². The van der Waals surface area contributed by atoms with Crippen LogP contribution in [0.2, 0.25) is 0 Å². The van der Waals surface area contributed by atoms with E-state index < -0.39 is 0 Å². The number of fused-ring (bicyclic) bond motifs is 1. The average Bonchev–Trinajstić information content (AvgIpc) is 3.18. The topological polar surface area (TPSA) is 98.5 Å². The van der Waals surface area contributed by atoms with Crippen LogP contribution in [-0.2, 0) is 7.05 Å². The number of nitrogens with one attached hydrogen (secondary N) is 1. The average molecular weight is 379 g/mol. The van der Waals surface area contributed by atoms with Crippen molar-refractivity contribution in [2.24, 2.45) is 7.05 Å². The van der Waals surface area contributed by atoms with E-state index in [0.29, 0.717) is 22.2 Å². The van der Waals surface area contributed by atoms with Gasteiger partial charge in [0.15, 0.2) is 5.82 Å². The Labute approximate surface area is 159 Å². The van der Waals surface area contributed by atoms with Crippen LogP contribution in [0.1, 0.15) is 26.8 Å². The highest BCUT2D eigenvalue weighted by molar-refractivity contribution is 7.20. The van der Waals surface area contributed by atoms with Crippen LogP contribution in [0.25, 0.3) is 21.6 Å². The summed E-state index contributed by atoms with van der Waals surface area (Å²) in [6.45, 7) is 5.73. The van der Waals surface area contributed by atoms with Gasteiger partial charge in [0, 0.05) is 29.4 Å². The van der Waals surface area contributed by atoms with Gasteiger partial charge in [0.05, 0.1) is 4.88 Å². The van der Waals surface area contributed by atoms with E-state index in [1.54, 1.807) is 11.7 Å². The molecule has 0 unspecified atom stereocenters. The minimum absolute atomic E-state index is 0.166. The van der Waals surface area contributed by atoms with Crippen LogP contribution in [0, 0.1) is 20.8 Å². The number of aryl methyl sites for hydroxylation is 4. The van der Waals surface area contributed by atoms with Crippen molar-refractivity contribution in [1.29, 1.82) is 0 Å². The first-order valence-corrected chi connectivity index (χ1v) is 9.14. The Bertz CT molecular complexity index is 1180. The molecule has 4 rings (SSSR count). The zero-order chi connectivity index (χ0) is 19.1. The molecule has 0 saturated carbocycles. The van der Waals surface area contributed by atoms with Crippen molar-refractivity contribution in [3.05, 3.63) is 46.2 Å². The highest BCUT2D eigenvalue weighted by Crippen LogP contribution is 2.32. The lowest BCUT2D eigenvalue weighted by molar-refractivity contribution is 0.103. The normalized spacial score (nSPS) is 11.1. The van der Waals surface area contributed by atoms with Gasteiger partial charge in [0.25, 0.3) is 5.91 Å². The predicted octanol–water partition coefficient (Wildman–Crippen LogP) is 3.06. The fourth-order valence-electron chi connectivity index (χ4n) is 3.09. The van der Waals surface area contributed by atoms with Crippen LogP contribution in [0.5, 0.6) is 0 Å². The Morgan fingerprint density at radius 1 is 1.19 bits per heavy atom. The molecule has 136 valence electrons. The molecule has 0 saturated heterocycles. The van der Waals surface area contributed by atoms with E-state index in [1.807, 2.05) is 45.0 Å². The number of carbonyl (C=O) groups is 1. The minimum atomic E-state index is -0.166. The highest BCUT2D eigenvalue weighted by atomic mass is 32.1. The second kappa shape index (κ2) is 6.51. The quantitative estimate of drug-likeness (QED) is 0.587. The summed E-state index contributed by atoms with van der Waals surface area (Å²) in [5.41, 5.74) is 3.29. The number of thiophene rings is 1. The maximum absolute atomic E-state index is 12.9. The standard InChI is InChI=1S/C18H17N7OS/c1-9-14-10(2)19-11(3)20-18(14)27-15(9)17(26)21-13-7-5-6-12(8-13)16-22-23-24-25(16)4/h5-8H,1-4H3,(H,21,26). The number of amides is 1. The predicted molar refractivity (Wildman–Crippen MR) is 104 cm³/mol. The lowest BCUT2D eigenvalue weighted by Crippen LogP contribution is -2.11. The lowest BCUT2D eigenvalue weighted by atomic mass is 10.1. The van der Waals surface area contributed by atoms with Crippen molar-refractivity contribution in [2.45, 2.75) is 20.8 Å². The van der Waals surface area contributed by atoms with Gasteiger partial charge in [-0.3, -0.25) is 4.79 Å². The van der Waals surface area contributed by atoms with E-state index in [0.717, 1.165) is 27.0 Å². The second-order valence-electron chi connectivity index (χ2n) is 6.25. The van der Waals surface area contributed by atoms with Crippen molar-refractivity contribution in [3.8, 4) is 11.4 Å². The first-order chi connectivity index (χ1) is 12.9. The second-order valence-corrected chi connectivity index (χ2v) is 7.25. The number of aromatic nitrogens is 6. The first-order valence-electron chi connectivity index (χ1n) is 8.32. The fraction of sp³-hybridized carbons (Fsp3) is 0.222. The van der Waals surface area contributed by atoms with Gasteiger partial charge in [-0.05, 0) is 48.9 Å². The van der Waals surface area contributed by atoms with Crippen LogP contribution in [0.15, 0.2) is 24.3 Å². The number of hydrogen-bond donors (Lipinski definition) is 1. The summed E-state index contributed by atoms with van der Waals surface area (Å²) in [5, 5.41) is 15.4. The van der Waals surface area contributed by atoms with Crippen molar-refractivity contribution in [3.63, 3.8) is 0 Å². The molecular formula is C18H17N7OS. The number of nitrogens with zero attached hydrogens (tertiary/aromatic N) is 6. The number of hydrogen-bond acceptors (Lipinski definition) is 7. The maximum atomic E-state index is 12.9. The molecule has 0 aliphatic carbocycles. The molecule has 27 heavy (non-hydrogen) atoms. The van der Waals surface area contributed by atoms with Gasteiger partial charge in [0.2, 0.25) is 0 Å². The van der Waals surface area contributed by atoms with Crippen LogP contribution in [0.3, 0.4) is 0 Å². The zero-order valence-corrected chi connectivity index (χ0v) is 16.1. The third-order valence-electron chi connectivity index (χ3n) is 4.29. The number of anilines is 1. The van der Waals surface area contributed by atoms with Gasteiger partial charge in [-0.2, -0.15) is 0 Å². The van der Waals surface area contributed by atoms with E-state index in [4.69, 9.17) is 0 Å². The monoisotopic (exact) mass is 379 g/mol. The molecule has 0 radical (unpaired) electrons. The van der Waals surface area contributed by atoms with Crippen LogP contribution < -0.4 is 5.32 Å².